The molecule has 0 N–H and O–H groups in total. The number of fused-ring (bicyclic) bond motifs is 6. The molecule has 7 aromatic carbocycles. The van der Waals surface area contributed by atoms with Crippen LogP contribution in [0.3, 0.4) is 0 Å². The highest BCUT2D eigenvalue weighted by atomic mass is 16.7. The van der Waals surface area contributed by atoms with Gasteiger partial charge >= 0.3 is 0 Å². The monoisotopic (exact) mass is 920 g/mol. The van der Waals surface area contributed by atoms with E-state index in [4.69, 9.17) is 14.3 Å². The van der Waals surface area contributed by atoms with Crippen molar-refractivity contribution in [2.75, 3.05) is 19.8 Å². The second-order valence-corrected chi connectivity index (χ2v) is 17.2. The molecule has 0 unspecified atom stereocenters. The Morgan fingerprint density at radius 1 is 0.414 bits per heavy atom. The summed E-state index contributed by atoms with van der Waals surface area (Å²) in [5.74, 6) is 0.445. The molecule has 9 aromatic rings. The first kappa shape index (κ1) is 47.5. The zero-order valence-corrected chi connectivity index (χ0v) is 39.7. The van der Waals surface area contributed by atoms with Crippen molar-refractivity contribution < 1.29 is 33.8 Å². The maximum absolute atomic E-state index is 10.7. The number of benzene rings is 7. The highest BCUT2D eigenvalue weighted by Gasteiger charge is 2.38. The first-order valence-corrected chi connectivity index (χ1v) is 24.3. The van der Waals surface area contributed by atoms with Gasteiger partial charge < -0.3 is 14.7 Å². The highest BCUT2D eigenvalue weighted by Crippen LogP contribution is 2.48. The minimum absolute atomic E-state index is 0.159. The topological polar surface area (TPSA) is 81.6 Å². The smallest absolute Gasteiger partial charge is 0.246 e. The van der Waals surface area contributed by atoms with E-state index in [1.807, 2.05) is 102 Å². The molecule has 2 aromatic heterocycles. The van der Waals surface area contributed by atoms with Crippen molar-refractivity contribution in [2.24, 2.45) is 0 Å². The molecule has 2 aliphatic carbocycles. The molecule has 0 atom stereocenters. The fourth-order valence-electron chi connectivity index (χ4n) is 10.4. The Morgan fingerprint density at radius 3 is 1.06 bits per heavy atom. The molecule has 70 heavy (non-hydrogen) atoms. The minimum atomic E-state index is -2.23. The first-order chi connectivity index (χ1) is 34.5. The van der Waals surface area contributed by atoms with Crippen molar-refractivity contribution >= 4 is 7.32 Å². The van der Waals surface area contributed by atoms with Crippen LogP contribution in [0.2, 0.25) is 0 Å². The predicted octanol–water partition coefficient (Wildman–Crippen LogP) is 9.69. The Balaban J connectivity index is 0.000000131. The Hall–Kier alpha value is -7.62. The van der Waals surface area contributed by atoms with Gasteiger partial charge in [-0.25, -0.2) is 0 Å². The zero-order valence-electron chi connectivity index (χ0n) is 39.7. The number of hydrogen-bond donors (Lipinski definition) is 0. The summed E-state index contributed by atoms with van der Waals surface area (Å²) in [6.07, 6.45) is 5.32. The number of rotatable bonds is 14. The first-order valence-electron chi connectivity index (χ1n) is 24.3. The van der Waals surface area contributed by atoms with E-state index < -0.39 is 7.32 Å². The fraction of sp³-hybridized carbons (Fsp3) is 0.161. The van der Waals surface area contributed by atoms with Crippen LogP contribution < -0.4 is 29.2 Å². The van der Waals surface area contributed by atoms with E-state index in [2.05, 4.69) is 158 Å². The average molecular weight is 921 g/mol. The molecule has 0 aliphatic heterocycles. The highest BCUT2D eigenvalue weighted by molar-refractivity contribution is 6.28. The van der Waals surface area contributed by atoms with Crippen molar-refractivity contribution in [3.8, 4) is 22.3 Å². The summed E-state index contributed by atoms with van der Waals surface area (Å²) < 4.78 is 8.55. The zero-order chi connectivity index (χ0) is 48.1. The summed E-state index contributed by atoms with van der Waals surface area (Å²) in [5, 5.41) is 21.4. The van der Waals surface area contributed by atoms with Crippen molar-refractivity contribution in [1.82, 2.24) is 0 Å². The molecule has 0 bridgehead atoms. The quantitative estimate of drug-likeness (QED) is 0.0470. The second-order valence-electron chi connectivity index (χ2n) is 17.2. The van der Waals surface area contributed by atoms with E-state index in [-0.39, 0.29) is 23.9 Å². The van der Waals surface area contributed by atoms with Crippen molar-refractivity contribution in [1.29, 1.82) is 0 Å². The summed E-state index contributed by atoms with van der Waals surface area (Å²) in [7, 11) is -2.23. The maximum Gasteiger partial charge on any atom is 0.246 e. The van der Waals surface area contributed by atoms with Crippen LogP contribution >= 0.6 is 0 Å². The van der Waals surface area contributed by atoms with Crippen LogP contribution in [0.5, 0.6) is 0 Å². The third-order valence-electron chi connectivity index (χ3n) is 13.3. The number of nitrogens with zero attached hydrogens (tertiary/aromatic N) is 2. The van der Waals surface area contributed by atoms with Gasteiger partial charge in [0.15, 0.2) is 13.2 Å². The largest absolute Gasteiger partial charge is 0.871 e. The molecular weight excluding hydrogens is 864 g/mol. The van der Waals surface area contributed by atoms with Crippen LogP contribution in [0, 0.1) is 0 Å². The van der Waals surface area contributed by atoms with Crippen LogP contribution in [-0.2, 0) is 10.1 Å². The lowest BCUT2D eigenvalue weighted by molar-refractivity contribution is -0.896. The van der Waals surface area contributed by atoms with Crippen molar-refractivity contribution in [3.63, 3.8) is 0 Å². The van der Waals surface area contributed by atoms with Crippen LogP contribution in [0.4, 0.5) is 0 Å². The molecule has 0 amide bonds. The Morgan fingerprint density at radius 2 is 0.729 bits per heavy atom. The summed E-state index contributed by atoms with van der Waals surface area (Å²) in [4.78, 5) is 11.6. The summed E-state index contributed by atoms with van der Waals surface area (Å²) in [5.41, 5.74) is 16.2. The Bertz CT molecular complexity index is 2770. The van der Waals surface area contributed by atoms with Gasteiger partial charge in [-0.15, -0.1) is 0 Å². The van der Waals surface area contributed by atoms with E-state index in [9.17, 15) is 10.0 Å². The van der Waals surface area contributed by atoms with Gasteiger partial charge in [-0.05, 0) is 100 Å². The average Bonchev–Trinajstić information content (AvgIpc) is 3.93. The van der Waals surface area contributed by atoms with Gasteiger partial charge in [0, 0.05) is 45.7 Å². The van der Waals surface area contributed by atoms with Gasteiger partial charge in [-0.1, -0.05) is 188 Å². The van der Waals surface area contributed by atoms with Crippen LogP contribution in [0.15, 0.2) is 237 Å². The molecule has 11 rings (SSSR count). The number of aromatic nitrogens is 2. The molecule has 7 nitrogen and oxygen atoms in total. The molecule has 0 saturated carbocycles. The molecule has 0 fully saturated rings. The number of hydrogen-bond acceptors (Lipinski definition) is 5. The normalized spacial score (nSPS) is 12.2. The lowest BCUT2D eigenvalue weighted by Gasteiger charge is -2.37. The molecule has 0 saturated heterocycles. The minimum Gasteiger partial charge on any atom is -0.871 e. The molecule has 0 radical (unpaired) electrons. The standard InChI is InChI=1S/C22H21BO3.2C20H18NO/c24-23(25)26-18-10-17-22(19-11-4-1-5-12-19,20-13-6-2-7-14-20)21-15-8-3-9-16-21;2*1-2-22-21-14-8-7-13-19(21)20-17-11-5-3-9-15(17)16-10-4-6-12-18(16)20/h1-9,11-16H,10,17-18H2;2*3-14,20H,2H2,1H3/q-2;2*+1. The van der Waals surface area contributed by atoms with E-state index in [1.54, 1.807) is 0 Å². The summed E-state index contributed by atoms with van der Waals surface area (Å²) in [6, 6.07) is 78.2. The molecule has 2 aliphatic rings. The summed E-state index contributed by atoms with van der Waals surface area (Å²) >= 11 is 0. The van der Waals surface area contributed by atoms with Gasteiger partial charge in [-0.2, -0.15) is 0 Å². The maximum atomic E-state index is 10.7. The van der Waals surface area contributed by atoms with Gasteiger partial charge in [0.2, 0.25) is 23.8 Å². The SMILES string of the molecule is CCO[n+]1ccccc1C1c2ccccc2-c2ccccc21.CCO[n+]1ccccc1C1c2ccccc2-c2ccccc21.[O-]B([O-])OCCCC(c1ccccc1)(c1ccccc1)c1ccccc1. The number of pyridine rings is 2. The third-order valence-corrected chi connectivity index (χ3v) is 13.3. The Labute approximate surface area is 412 Å². The van der Waals surface area contributed by atoms with Gasteiger partial charge in [0.25, 0.3) is 0 Å². The molecular formula is C62H57BN2O5. The van der Waals surface area contributed by atoms with Crippen molar-refractivity contribution in [3.05, 3.63) is 287 Å². The van der Waals surface area contributed by atoms with Gasteiger partial charge in [-0.3, -0.25) is 9.68 Å². The fourth-order valence-corrected chi connectivity index (χ4v) is 10.4. The van der Waals surface area contributed by atoms with E-state index in [0.717, 1.165) is 6.42 Å². The van der Waals surface area contributed by atoms with Gasteiger partial charge in [0.05, 0.1) is 19.2 Å². The molecule has 0 spiro atoms. The Kier molecular flexibility index (Phi) is 15.4. The summed E-state index contributed by atoms with van der Waals surface area (Å²) in [6.45, 7) is 5.49. The lowest BCUT2D eigenvalue weighted by atomic mass is 9.67. The second kappa shape index (κ2) is 22.7. The van der Waals surface area contributed by atoms with E-state index >= 15 is 0 Å². The van der Waals surface area contributed by atoms with Crippen LogP contribution in [0.25, 0.3) is 22.3 Å². The predicted molar refractivity (Wildman–Crippen MR) is 273 cm³/mol. The lowest BCUT2D eigenvalue weighted by Crippen LogP contribution is -2.48. The third kappa shape index (κ3) is 9.94. The van der Waals surface area contributed by atoms with E-state index in [1.165, 1.54) is 72.6 Å². The molecule has 8 heteroatoms. The molecule has 348 valence electrons. The molecule has 2 heterocycles. The van der Waals surface area contributed by atoms with Gasteiger partial charge in [0.1, 0.15) is 0 Å². The van der Waals surface area contributed by atoms with Crippen LogP contribution in [-0.4, -0.2) is 27.1 Å². The van der Waals surface area contributed by atoms with E-state index in [0.29, 0.717) is 19.6 Å². The van der Waals surface area contributed by atoms with Crippen LogP contribution in [0.1, 0.15) is 88.9 Å². The van der Waals surface area contributed by atoms with Crippen molar-refractivity contribution in [2.45, 2.75) is 43.9 Å².